The Morgan fingerprint density at radius 2 is 1.71 bits per heavy atom. The van der Waals surface area contributed by atoms with Gasteiger partial charge in [-0.15, -0.1) is 0 Å². The van der Waals surface area contributed by atoms with Gasteiger partial charge in [-0.25, -0.2) is 0 Å². The monoisotopic (exact) mass is 285 g/mol. The lowest BCUT2D eigenvalue weighted by Gasteiger charge is -2.19. The summed E-state index contributed by atoms with van der Waals surface area (Å²) < 4.78 is 2.09. The normalized spacial score (nSPS) is 11.9. The minimum Gasteiger partial charge on any atom is -0.330 e. The fourth-order valence-electron chi connectivity index (χ4n) is 2.68. The Bertz CT molecular complexity index is 601. The van der Waals surface area contributed by atoms with Crippen molar-refractivity contribution in [3.8, 4) is 0 Å². The maximum absolute atomic E-state index is 5.68. The molecule has 21 heavy (non-hydrogen) atoms. The number of aromatic nitrogens is 2. The molecule has 2 rings (SSSR count). The van der Waals surface area contributed by atoms with Crippen LogP contribution in [0.3, 0.4) is 0 Å². The van der Waals surface area contributed by atoms with Crippen LogP contribution in [0.2, 0.25) is 0 Å². The Kier molecular flexibility index (Phi) is 4.52. The highest BCUT2D eigenvalue weighted by molar-refractivity contribution is 5.29. The molecule has 3 nitrogen and oxygen atoms in total. The second-order valence-corrected chi connectivity index (χ2v) is 6.79. The zero-order chi connectivity index (χ0) is 15.6. The van der Waals surface area contributed by atoms with E-state index in [2.05, 4.69) is 68.7 Å². The van der Waals surface area contributed by atoms with Gasteiger partial charge < -0.3 is 5.73 Å². The minimum absolute atomic E-state index is 0.199. The lowest BCUT2D eigenvalue weighted by atomic mass is 9.87. The van der Waals surface area contributed by atoms with Crippen LogP contribution in [0.15, 0.2) is 24.3 Å². The van der Waals surface area contributed by atoms with E-state index < -0.39 is 0 Å². The number of nitrogens with two attached hydrogens (primary N) is 1. The zero-order valence-electron chi connectivity index (χ0n) is 13.9. The Hall–Kier alpha value is -1.61. The van der Waals surface area contributed by atoms with Crippen molar-refractivity contribution < 1.29 is 0 Å². The molecule has 0 saturated heterocycles. The molecule has 0 aliphatic heterocycles. The lowest BCUT2D eigenvalue weighted by molar-refractivity contribution is 0.589. The quantitative estimate of drug-likeness (QED) is 0.936. The predicted octanol–water partition coefficient (Wildman–Crippen LogP) is 3.35. The van der Waals surface area contributed by atoms with Gasteiger partial charge in [0.25, 0.3) is 0 Å². The predicted molar refractivity (Wildman–Crippen MR) is 88.7 cm³/mol. The van der Waals surface area contributed by atoms with Crippen molar-refractivity contribution in [3.05, 3.63) is 52.3 Å². The Morgan fingerprint density at radius 1 is 1.10 bits per heavy atom. The molecule has 0 fully saturated rings. The first-order chi connectivity index (χ1) is 9.82. The van der Waals surface area contributed by atoms with Gasteiger partial charge in [-0.1, -0.05) is 45.0 Å². The molecular formula is C18H27N3. The second-order valence-electron chi connectivity index (χ2n) is 6.79. The largest absolute Gasteiger partial charge is 0.330 e. The summed E-state index contributed by atoms with van der Waals surface area (Å²) in [5.41, 5.74) is 12.2. The zero-order valence-corrected chi connectivity index (χ0v) is 13.9. The summed E-state index contributed by atoms with van der Waals surface area (Å²) in [6.07, 6.45) is 0.903. The molecule has 0 amide bonds. The fourth-order valence-corrected chi connectivity index (χ4v) is 2.68. The first kappa shape index (κ1) is 15.8. The molecule has 3 heteroatoms. The number of hydrogen-bond acceptors (Lipinski definition) is 2. The topological polar surface area (TPSA) is 43.8 Å². The molecule has 0 atom stereocenters. The van der Waals surface area contributed by atoms with Gasteiger partial charge in [0.2, 0.25) is 0 Å². The third-order valence-corrected chi connectivity index (χ3v) is 4.08. The number of benzene rings is 1. The Morgan fingerprint density at radius 3 is 2.24 bits per heavy atom. The van der Waals surface area contributed by atoms with Gasteiger partial charge in [-0.05, 0) is 48.9 Å². The van der Waals surface area contributed by atoms with Crippen molar-refractivity contribution in [3.63, 3.8) is 0 Å². The average Bonchev–Trinajstić information content (AvgIpc) is 2.66. The molecule has 1 aromatic heterocycles. The van der Waals surface area contributed by atoms with Crippen LogP contribution in [0, 0.1) is 13.8 Å². The summed E-state index contributed by atoms with van der Waals surface area (Å²) in [6.45, 7) is 12.4. The molecule has 1 aromatic carbocycles. The standard InChI is InChI=1S/C18H27N3/c1-13-17(10-11-19)14(2)21(20-13)12-15-6-8-16(9-7-15)18(3,4)5/h6-9H,10-12,19H2,1-5H3. The third kappa shape index (κ3) is 3.53. The van der Waals surface area contributed by atoms with E-state index in [-0.39, 0.29) is 5.41 Å². The van der Waals surface area contributed by atoms with E-state index in [0.717, 1.165) is 18.7 Å². The Balaban J connectivity index is 2.21. The molecule has 0 spiro atoms. The van der Waals surface area contributed by atoms with E-state index in [4.69, 9.17) is 5.73 Å². The summed E-state index contributed by atoms with van der Waals surface area (Å²) in [7, 11) is 0. The third-order valence-electron chi connectivity index (χ3n) is 4.08. The van der Waals surface area contributed by atoms with Crippen molar-refractivity contribution in [1.82, 2.24) is 9.78 Å². The van der Waals surface area contributed by atoms with Crippen LogP contribution in [0.5, 0.6) is 0 Å². The molecule has 1 heterocycles. The molecule has 0 saturated carbocycles. The van der Waals surface area contributed by atoms with Gasteiger partial charge in [0.15, 0.2) is 0 Å². The van der Waals surface area contributed by atoms with Crippen LogP contribution in [0.4, 0.5) is 0 Å². The van der Waals surface area contributed by atoms with E-state index in [1.807, 2.05) is 0 Å². The number of nitrogens with zero attached hydrogens (tertiary/aromatic N) is 2. The van der Waals surface area contributed by atoms with Gasteiger partial charge >= 0.3 is 0 Å². The molecule has 2 aromatic rings. The smallest absolute Gasteiger partial charge is 0.0662 e. The van der Waals surface area contributed by atoms with Crippen LogP contribution in [0.1, 0.15) is 48.8 Å². The second kappa shape index (κ2) is 6.02. The molecule has 0 bridgehead atoms. The van der Waals surface area contributed by atoms with Gasteiger partial charge in [-0.2, -0.15) is 5.10 Å². The van der Waals surface area contributed by atoms with E-state index in [1.165, 1.54) is 22.4 Å². The summed E-state index contributed by atoms with van der Waals surface area (Å²) >= 11 is 0. The molecule has 0 unspecified atom stereocenters. The van der Waals surface area contributed by atoms with Crippen LogP contribution in [-0.2, 0) is 18.4 Å². The van der Waals surface area contributed by atoms with Crippen LogP contribution < -0.4 is 5.73 Å². The number of hydrogen-bond donors (Lipinski definition) is 1. The van der Waals surface area contributed by atoms with E-state index in [1.54, 1.807) is 0 Å². The van der Waals surface area contributed by atoms with Crippen LogP contribution >= 0.6 is 0 Å². The maximum Gasteiger partial charge on any atom is 0.0662 e. The van der Waals surface area contributed by atoms with Gasteiger partial charge in [0.05, 0.1) is 12.2 Å². The summed E-state index contributed by atoms with van der Waals surface area (Å²) in [6, 6.07) is 8.86. The molecule has 0 aliphatic carbocycles. The highest BCUT2D eigenvalue weighted by Crippen LogP contribution is 2.23. The average molecular weight is 285 g/mol. The van der Waals surface area contributed by atoms with E-state index in [0.29, 0.717) is 6.54 Å². The SMILES string of the molecule is Cc1nn(Cc2ccc(C(C)(C)C)cc2)c(C)c1CCN. The molecule has 0 aliphatic rings. The van der Waals surface area contributed by atoms with Crippen molar-refractivity contribution >= 4 is 0 Å². The fraction of sp³-hybridized carbons (Fsp3) is 0.500. The highest BCUT2D eigenvalue weighted by atomic mass is 15.3. The summed E-state index contributed by atoms with van der Waals surface area (Å²) in [5.74, 6) is 0. The van der Waals surface area contributed by atoms with E-state index in [9.17, 15) is 0 Å². The summed E-state index contributed by atoms with van der Waals surface area (Å²) in [5, 5.41) is 4.66. The summed E-state index contributed by atoms with van der Waals surface area (Å²) in [4.78, 5) is 0. The minimum atomic E-state index is 0.199. The lowest BCUT2D eigenvalue weighted by Crippen LogP contribution is -2.11. The number of aryl methyl sites for hydroxylation is 1. The van der Waals surface area contributed by atoms with Gasteiger partial charge in [-0.3, -0.25) is 4.68 Å². The molecule has 114 valence electrons. The first-order valence-corrected chi connectivity index (χ1v) is 7.65. The highest BCUT2D eigenvalue weighted by Gasteiger charge is 2.14. The van der Waals surface area contributed by atoms with Crippen molar-refractivity contribution in [1.29, 1.82) is 0 Å². The van der Waals surface area contributed by atoms with E-state index >= 15 is 0 Å². The molecule has 0 radical (unpaired) electrons. The van der Waals surface area contributed by atoms with Crippen LogP contribution in [-0.4, -0.2) is 16.3 Å². The number of rotatable bonds is 4. The van der Waals surface area contributed by atoms with Crippen LogP contribution in [0.25, 0.3) is 0 Å². The molecular weight excluding hydrogens is 258 g/mol. The van der Waals surface area contributed by atoms with Crippen molar-refractivity contribution in [2.24, 2.45) is 5.73 Å². The first-order valence-electron chi connectivity index (χ1n) is 7.65. The van der Waals surface area contributed by atoms with Gasteiger partial charge in [0.1, 0.15) is 0 Å². The maximum atomic E-state index is 5.68. The van der Waals surface area contributed by atoms with Crippen molar-refractivity contribution in [2.45, 2.75) is 53.0 Å². The Labute approximate surface area is 128 Å². The molecule has 2 N–H and O–H groups in total. The van der Waals surface area contributed by atoms with Crippen molar-refractivity contribution in [2.75, 3.05) is 6.54 Å². The van der Waals surface area contributed by atoms with Gasteiger partial charge in [0, 0.05) is 5.69 Å².